The zero-order chi connectivity index (χ0) is 19.6. The lowest BCUT2D eigenvalue weighted by molar-refractivity contribution is -0.115. The van der Waals surface area contributed by atoms with Crippen molar-refractivity contribution >= 4 is 45.0 Å². The number of halogens is 1. The minimum Gasteiger partial charge on any atom is -0.325 e. The number of hydrogen-bond acceptors (Lipinski definition) is 6. The third kappa shape index (κ3) is 4.37. The normalized spacial score (nSPS) is 13.0. The minimum absolute atomic E-state index is 0.0637. The standard InChI is InChI=1S/C15H20ClN5O3S2/c1-9(25-15-19-18-10(2)21(15)5)14(22)17-11-6-7-12(16)13(8-11)26(23,24)20(3)4/h6-9H,1-5H3,(H,17,22)/t9-/m1/s1. The molecule has 0 radical (unpaired) electrons. The molecular weight excluding hydrogens is 398 g/mol. The van der Waals surface area contributed by atoms with E-state index in [1.807, 2.05) is 14.0 Å². The molecule has 0 saturated carbocycles. The molecular formula is C15H20ClN5O3S2. The molecule has 2 aromatic rings. The predicted molar refractivity (Wildman–Crippen MR) is 102 cm³/mol. The van der Waals surface area contributed by atoms with Gasteiger partial charge in [-0.1, -0.05) is 23.4 Å². The summed E-state index contributed by atoms with van der Waals surface area (Å²) in [6.07, 6.45) is 0. The lowest BCUT2D eigenvalue weighted by Gasteiger charge is -2.15. The van der Waals surface area contributed by atoms with Gasteiger partial charge in [0.15, 0.2) is 5.16 Å². The van der Waals surface area contributed by atoms with Crippen molar-refractivity contribution < 1.29 is 13.2 Å². The van der Waals surface area contributed by atoms with Crippen molar-refractivity contribution in [2.45, 2.75) is 29.1 Å². The van der Waals surface area contributed by atoms with E-state index >= 15 is 0 Å². The molecule has 1 amide bonds. The van der Waals surface area contributed by atoms with Crippen molar-refractivity contribution in [3.63, 3.8) is 0 Å². The molecule has 0 fully saturated rings. The summed E-state index contributed by atoms with van der Waals surface area (Å²) in [4.78, 5) is 12.4. The fourth-order valence-electron chi connectivity index (χ4n) is 1.92. The quantitative estimate of drug-likeness (QED) is 0.723. The van der Waals surface area contributed by atoms with Crippen LogP contribution in [0.3, 0.4) is 0 Å². The molecule has 1 atom stereocenters. The van der Waals surface area contributed by atoms with Gasteiger partial charge < -0.3 is 9.88 Å². The van der Waals surface area contributed by atoms with Gasteiger partial charge in [0.05, 0.1) is 10.3 Å². The molecule has 142 valence electrons. The van der Waals surface area contributed by atoms with Crippen LogP contribution in [0.15, 0.2) is 28.3 Å². The van der Waals surface area contributed by atoms with E-state index in [0.29, 0.717) is 10.8 Å². The van der Waals surface area contributed by atoms with Crippen LogP contribution in [0.5, 0.6) is 0 Å². The second kappa shape index (κ2) is 7.95. The number of hydrogen-bond donors (Lipinski definition) is 1. The molecule has 0 aliphatic heterocycles. The number of aromatic nitrogens is 3. The highest BCUT2D eigenvalue weighted by Crippen LogP contribution is 2.28. The van der Waals surface area contributed by atoms with Crippen molar-refractivity contribution in [2.24, 2.45) is 7.05 Å². The van der Waals surface area contributed by atoms with Gasteiger partial charge in [-0.05, 0) is 32.0 Å². The first-order valence-electron chi connectivity index (χ1n) is 7.59. The summed E-state index contributed by atoms with van der Waals surface area (Å²) in [6, 6.07) is 4.34. The number of nitrogens with zero attached hydrogens (tertiary/aromatic N) is 4. The highest BCUT2D eigenvalue weighted by molar-refractivity contribution is 8.00. The summed E-state index contributed by atoms with van der Waals surface area (Å²) in [7, 11) is 0.935. The largest absolute Gasteiger partial charge is 0.325 e. The maximum atomic E-state index is 12.4. The van der Waals surface area contributed by atoms with Gasteiger partial charge in [-0.3, -0.25) is 4.79 Å². The summed E-state index contributed by atoms with van der Waals surface area (Å²) >= 11 is 7.27. The molecule has 2 rings (SSSR count). The summed E-state index contributed by atoms with van der Waals surface area (Å²) in [5.41, 5.74) is 0.349. The first-order chi connectivity index (χ1) is 12.0. The Balaban J connectivity index is 2.17. The zero-order valence-corrected chi connectivity index (χ0v) is 17.4. The Morgan fingerprint density at radius 2 is 2.00 bits per heavy atom. The Morgan fingerprint density at radius 3 is 2.54 bits per heavy atom. The smallest absolute Gasteiger partial charge is 0.244 e. The molecule has 1 N–H and O–H groups in total. The monoisotopic (exact) mass is 417 g/mol. The van der Waals surface area contributed by atoms with Gasteiger partial charge in [0, 0.05) is 26.8 Å². The maximum Gasteiger partial charge on any atom is 0.244 e. The van der Waals surface area contributed by atoms with Crippen molar-refractivity contribution in [1.29, 1.82) is 0 Å². The Kier molecular flexibility index (Phi) is 6.33. The second-order valence-corrected chi connectivity index (χ2v) is 9.61. The fourth-order valence-corrected chi connectivity index (χ4v) is 4.18. The lowest BCUT2D eigenvalue weighted by atomic mass is 10.3. The van der Waals surface area contributed by atoms with Crippen LogP contribution in [0.1, 0.15) is 12.7 Å². The topological polar surface area (TPSA) is 97.2 Å². The average molecular weight is 418 g/mol. The van der Waals surface area contributed by atoms with Gasteiger partial charge in [0.2, 0.25) is 15.9 Å². The first-order valence-corrected chi connectivity index (χ1v) is 10.3. The number of carbonyl (C=O) groups excluding carboxylic acids is 1. The van der Waals surface area contributed by atoms with E-state index < -0.39 is 15.3 Å². The highest BCUT2D eigenvalue weighted by atomic mass is 35.5. The number of sulfonamides is 1. The van der Waals surface area contributed by atoms with Crippen LogP contribution >= 0.6 is 23.4 Å². The van der Waals surface area contributed by atoms with Crippen LogP contribution in [-0.2, 0) is 21.9 Å². The van der Waals surface area contributed by atoms with Crippen LogP contribution in [-0.4, -0.2) is 52.7 Å². The summed E-state index contributed by atoms with van der Waals surface area (Å²) in [5, 5.41) is 10.9. The van der Waals surface area contributed by atoms with Gasteiger partial charge >= 0.3 is 0 Å². The van der Waals surface area contributed by atoms with Crippen molar-refractivity contribution in [2.75, 3.05) is 19.4 Å². The molecule has 1 heterocycles. The molecule has 8 nitrogen and oxygen atoms in total. The maximum absolute atomic E-state index is 12.4. The number of amides is 1. The number of aryl methyl sites for hydroxylation is 1. The number of nitrogens with one attached hydrogen (secondary N) is 1. The Hall–Kier alpha value is -1.62. The zero-order valence-electron chi connectivity index (χ0n) is 15.0. The average Bonchev–Trinajstić information content (AvgIpc) is 2.88. The van der Waals surface area contributed by atoms with Crippen molar-refractivity contribution in [3.05, 3.63) is 29.0 Å². The fraction of sp³-hybridized carbons (Fsp3) is 0.400. The Labute approximate surface area is 162 Å². The molecule has 0 aliphatic carbocycles. The van der Waals surface area contributed by atoms with Gasteiger partial charge in [-0.25, -0.2) is 12.7 Å². The molecule has 0 saturated heterocycles. The number of anilines is 1. The molecule has 0 spiro atoms. The summed E-state index contributed by atoms with van der Waals surface area (Å²) in [5.74, 6) is 0.461. The highest BCUT2D eigenvalue weighted by Gasteiger charge is 2.23. The van der Waals surface area contributed by atoms with E-state index in [2.05, 4.69) is 15.5 Å². The second-order valence-electron chi connectivity index (χ2n) is 5.77. The van der Waals surface area contributed by atoms with E-state index in [4.69, 9.17) is 11.6 Å². The van der Waals surface area contributed by atoms with Gasteiger partial charge in [0.1, 0.15) is 10.7 Å². The molecule has 0 bridgehead atoms. The summed E-state index contributed by atoms with van der Waals surface area (Å²) in [6.45, 7) is 3.56. The van der Waals surface area contributed by atoms with Crippen molar-refractivity contribution in [3.8, 4) is 0 Å². The third-order valence-electron chi connectivity index (χ3n) is 3.66. The van der Waals surface area contributed by atoms with E-state index in [9.17, 15) is 13.2 Å². The van der Waals surface area contributed by atoms with E-state index in [1.165, 1.54) is 38.0 Å². The van der Waals surface area contributed by atoms with E-state index in [-0.39, 0.29) is 15.8 Å². The minimum atomic E-state index is -3.71. The van der Waals surface area contributed by atoms with Gasteiger partial charge in [0.25, 0.3) is 0 Å². The third-order valence-corrected chi connectivity index (χ3v) is 7.09. The van der Waals surface area contributed by atoms with Gasteiger partial charge in [-0.15, -0.1) is 10.2 Å². The number of rotatable bonds is 6. The van der Waals surface area contributed by atoms with Crippen LogP contribution in [0.25, 0.3) is 0 Å². The molecule has 11 heteroatoms. The van der Waals surface area contributed by atoms with E-state index in [1.54, 1.807) is 17.6 Å². The molecule has 0 unspecified atom stereocenters. The first kappa shape index (κ1) is 20.7. The lowest BCUT2D eigenvalue weighted by Crippen LogP contribution is -2.24. The Morgan fingerprint density at radius 1 is 1.35 bits per heavy atom. The molecule has 1 aromatic heterocycles. The number of benzene rings is 1. The number of thioether (sulfide) groups is 1. The van der Waals surface area contributed by atoms with Crippen LogP contribution in [0, 0.1) is 6.92 Å². The van der Waals surface area contributed by atoms with Crippen molar-refractivity contribution in [1.82, 2.24) is 19.1 Å². The Bertz CT molecular complexity index is 927. The predicted octanol–water partition coefficient (Wildman–Crippen LogP) is 2.15. The summed E-state index contributed by atoms with van der Waals surface area (Å²) < 4.78 is 27.5. The van der Waals surface area contributed by atoms with Crippen LogP contribution in [0.2, 0.25) is 5.02 Å². The molecule has 0 aliphatic rings. The van der Waals surface area contributed by atoms with Crippen LogP contribution < -0.4 is 5.32 Å². The van der Waals surface area contributed by atoms with E-state index in [0.717, 1.165) is 10.1 Å². The molecule has 1 aromatic carbocycles. The number of carbonyl (C=O) groups is 1. The van der Waals surface area contributed by atoms with Gasteiger partial charge in [-0.2, -0.15) is 0 Å². The van der Waals surface area contributed by atoms with Crippen LogP contribution in [0.4, 0.5) is 5.69 Å². The SMILES string of the molecule is Cc1nnc(S[C@H](C)C(=O)Nc2ccc(Cl)c(S(=O)(=O)N(C)C)c2)n1C. The molecule has 26 heavy (non-hydrogen) atoms.